The van der Waals surface area contributed by atoms with Gasteiger partial charge in [-0.05, 0) is 68.1 Å². The molecule has 45 heavy (non-hydrogen) atoms. The quantitative estimate of drug-likeness (QED) is 0.206. The van der Waals surface area contributed by atoms with Crippen molar-refractivity contribution in [2.45, 2.75) is 58.2 Å². The lowest BCUT2D eigenvalue weighted by atomic mass is 9.95. The van der Waals surface area contributed by atoms with Crippen LogP contribution in [0.4, 0.5) is 31.1 Å². The summed E-state index contributed by atoms with van der Waals surface area (Å²) in [6.45, 7) is 6.67. The van der Waals surface area contributed by atoms with Gasteiger partial charge in [0.1, 0.15) is 5.60 Å². The first-order valence-electron chi connectivity index (χ1n) is 13.6. The maximum absolute atomic E-state index is 13.5. The van der Waals surface area contributed by atoms with Crippen molar-refractivity contribution in [3.63, 3.8) is 0 Å². The van der Waals surface area contributed by atoms with Gasteiger partial charge in [0.25, 0.3) is 5.91 Å². The second-order valence-corrected chi connectivity index (χ2v) is 11.1. The van der Waals surface area contributed by atoms with Gasteiger partial charge in [-0.1, -0.05) is 30.3 Å². The van der Waals surface area contributed by atoms with Gasteiger partial charge in [-0.15, -0.1) is 0 Å². The average molecular weight is 634 g/mol. The van der Waals surface area contributed by atoms with Gasteiger partial charge in [0.2, 0.25) is 0 Å². The van der Waals surface area contributed by atoms with Crippen LogP contribution in [0.2, 0.25) is 0 Å². The monoisotopic (exact) mass is 633 g/mol. The third kappa shape index (κ3) is 8.61. The number of carbonyl (C=O) groups excluding carboxylic acids is 2. The van der Waals surface area contributed by atoms with Crippen LogP contribution >= 0.6 is 0 Å². The summed E-state index contributed by atoms with van der Waals surface area (Å²) in [4.78, 5) is 29.0. The molecule has 2 amide bonds. The van der Waals surface area contributed by atoms with Crippen LogP contribution in [0.1, 0.15) is 66.3 Å². The summed E-state index contributed by atoms with van der Waals surface area (Å²) in [7, 11) is 0. The third-order valence-corrected chi connectivity index (χ3v) is 6.49. The van der Waals surface area contributed by atoms with E-state index in [0.29, 0.717) is 22.9 Å². The molecule has 238 valence electrons. The van der Waals surface area contributed by atoms with E-state index < -0.39 is 47.1 Å². The smallest absolute Gasteiger partial charge is 0.419 e. The second kappa shape index (κ2) is 12.6. The molecule has 0 fully saturated rings. The fourth-order valence-electron chi connectivity index (χ4n) is 4.26. The first kappa shape index (κ1) is 33.0. The molecule has 4 aromatic rings. The molecule has 0 aliphatic carbocycles. The van der Waals surface area contributed by atoms with Gasteiger partial charge in [-0.25, -0.2) is 9.48 Å². The molecule has 0 spiro atoms. The Hall–Kier alpha value is -4.88. The van der Waals surface area contributed by atoms with E-state index in [1.54, 1.807) is 52.0 Å². The average Bonchev–Trinajstić information content (AvgIpc) is 3.46. The summed E-state index contributed by atoms with van der Waals surface area (Å²) < 4.78 is 85.6. The summed E-state index contributed by atoms with van der Waals surface area (Å²) in [5.74, 6) is -0.558. The van der Waals surface area contributed by atoms with Crippen LogP contribution in [0, 0.1) is 0 Å². The van der Waals surface area contributed by atoms with Crippen molar-refractivity contribution in [2.24, 2.45) is 0 Å². The van der Waals surface area contributed by atoms with Crippen LogP contribution < -0.4 is 10.6 Å². The molecule has 2 aromatic carbocycles. The number of amides is 2. The van der Waals surface area contributed by atoms with Gasteiger partial charge in [-0.2, -0.15) is 31.4 Å². The fourth-order valence-corrected chi connectivity index (χ4v) is 4.26. The van der Waals surface area contributed by atoms with Gasteiger partial charge in [0.05, 0.1) is 40.8 Å². The molecule has 2 aromatic heterocycles. The molecule has 0 radical (unpaired) electrons. The number of carbonyl (C=O) groups is 2. The Morgan fingerprint density at radius 3 is 2.16 bits per heavy atom. The summed E-state index contributed by atoms with van der Waals surface area (Å²) >= 11 is 0. The van der Waals surface area contributed by atoms with Gasteiger partial charge in [0, 0.05) is 18.9 Å². The number of hydrogen-bond donors (Lipinski definition) is 2. The topological polar surface area (TPSA) is 98.1 Å². The Bertz CT molecular complexity index is 1670. The number of halogens is 6. The number of alkyl halides is 6. The zero-order chi connectivity index (χ0) is 33.2. The first-order chi connectivity index (χ1) is 20.9. The highest BCUT2D eigenvalue weighted by Gasteiger charge is 2.33. The zero-order valence-corrected chi connectivity index (χ0v) is 24.5. The van der Waals surface area contributed by atoms with E-state index in [0.717, 1.165) is 23.0 Å². The zero-order valence-electron chi connectivity index (χ0n) is 24.5. The Morgan fingerprint density at radius 2 is 1.56 bits per heavy atom. The highest BCUT2D eigenvalue weighted by atomic mass is 19.4. The number of pyridine rings is 1. The van der Waals surface area contributed by atoms with Crippen molar-refractivity contribution in [3.05, 3.63) is 101 Å². The molecular formula is C31H29F6N5O3. The molecule has 0 saturated carbocycles. The predicted molar refractivity (Wildman–Crippen MR) is 152 cm³/mol. The Labute approximate surface area is 254 Å². The van der Waals surface area contributed by atoms with Crippen LogP contribution in [0.15, 0.2) is 73.3 Å². The number of nitrogens with zero attached hydrogens (tertiary/aromatic N) is 3. The number of rotatable bonds is 7. The van der Waals surface area contributed by atoms with Crippen LogP contribution in [-0.2, 0) is 23.6 Å². The molecule has 4 rings (SSSR count). The SMILES string of the molecule is C[C@@H](NC(=O)c1cncc(-n2cc(C(F)(F)F)cn2)c1)c1ccc(-c2cc(C(F)(F)F)ccc2CNC(=O)OC(C)(C)C)cc1. The van der Waals surface area contributed by atoms with E-state index in [1.165, 1.54) is 24.5 Å². The Kier molecular flexibility index (Phi) is 9.26. The van der Waals surface area contributed by atoms with Crippen LogP contribution in [0.3, 0.4) is 0 Å². The molecule has 0 aliphatic heterocycles. The van der Waals surface area contributed by atoms with Crippen molar-refractivity contribution < 1.29 is 40.7 Å². The number of nitrogens with one attached hydrogen (secondary N) is 2. The van der Waals surface area contributed by atoms with Crippen molar-refractivity contribution in [2.75, 3.05) is 0 Å². The molecule has 0 aliphatic rings. The lowest BCUT2D eigenvalue weighted by Crippen LogP contribution is -2.32. The maximum atomic E-state index is 13.5. The Morgan fingerprint density at radius 1 is 0.889 bits per heavy atom. The first-order valence-corrected chi connectivity index (χ1v) is 13.6. The van der Waals surface area contributed by atoms with Gasteiger partial charge < -0.3 is 15.4 Å². The minimum atomic E-state index is -4.59. The molecule has 0 saturated heterocycles. The maximum Gasteiger partial charge on any atom is 0.419 e. The van der Waals surface area contributed by atoms with E-state index in [1.807, 2.05) is 0 Å². The minimum Gasteiger partial charge on any atom is -0.444 e. The van der Waals surface area contributed by atoms with Crippen molar-refractivity contribution >= 4 is 12.0 Å². The molecule has 8 nitrogen and oxygen atoms in total. The van der Waals surface area contributed by atoms with Crippen molar-refractivity contribution in [1.29, 1.82) is 0 Å². The lowest BCUT2D eigenvalue weighted by molar-refractivity contribution is -0.138. The Balaban J connectivity index is 1.51. The van der Waals surface area contributed by atoms with E-state index in [2.05, 4.69) is 20.7 Å². The molecular weight excluding hydrogens is 604 g/mol. The number of ether oxygens (including phenoxy) is 1. The highest BCUT2D eigenvalue weighted by Crippen LogP contribution is 2.35. The largest absolute Gasteiger partial charge is 0.444 e. The van der Waals surface area contributed by atoms with Gasteiger partial charge >= 0.3 is 18.4 Å². The molecule has 1 atom stereocenters. The standard InChI is InChI=1S/C31H29F6N5O3/c1-18(41-27(43)22-11-25(16-38-13-22)42-17-24(15-40-42)31(35,36)37)19-5-7-20(8-6-19)26-12-23(30(32,33)34)10-9-21(26)14-39-28(44)45-29(2,3)4/h5-13,15-18H,14H2,1-4H3,(H,39,44)(H,41,43)/t18-/m1/s1. The number of hydrogen-bond acceptors (Lipinski definition) is 5. The number of benzene rings is 2. The summed E-state index contributed by atoms with van der Waals surface area (Å²) in [6, 6.07) is 10.5. The van der Waals surface area contributed by atoms with Crippen molar-refractivity contribution in [3.8, 4) is 16.8 Å². The number of aromatic nitrogens is 3. The molecule has 2 heterocycles. The second-order valence-electron chi connectivity index (χ2n) is 11.1. The summed E-state index contributed by atoms with van der Waals surface area (Å²) in [5.41, 5.74) is -0.602. The highest BCUT2D eigenvalue weighted by molar-refractivity contribution is 5.94. The minimum absolute atomic E-state index is 0.0751. The molecule has 14 heteroatoms. The van der Waals surface area contributed by atoms with Gasteiger partial charge in [0.15, 0.2) is 0 Å². The van der Waals surface area contributed by atoms with E-state index >= 15 is 0 Å². The van der Waals surface area contributed by atoms with Crippen molar-refractivity contribution in [1.82, 2.24) is 25.4 Å². The number of alkyl carbamates (subject to hydrolysis) is 1. The predicted octanol–water partition coefficient (Wildman–Crippen LogP) is 7.49. The fraction of sp³-hybridized carbons (Fsp3) is 0.290. The van der Waals surface area contributed by atoms with E-state index in [9.17, 15) is 35.9 Å². The van der Waals surface area contributed by atoms with Crippen LogP contribution in [-0.4, -0.2) is 32.4 Å². The van der Waals surface area contributed by atoms with E-state index in [-0.39, 0.29) is 23.4 Å². The van der Waals surface area contributed by atoms with E-state index in [4.69, 9.17) is 4.74 Å². The summed E-state index contributed by atoms with van der Waals surface area (Å²) in [5, 5.41) is 9.02. The molecule has 0 bridgehead atoms. The third-order valence-electron chi connectivity index (χ3n) is 6.49. The molecule has 2 N–H and O–H groups in total. The lowest BCUT2D eigenvalue weighted by Gasteiger charge is -2.20. The van der Waals surface area contributed by atoms with Crippen LogP contribution in [0.5, 0.6) is 0 Å². The van der Waals surface area contributed by atoms with Crippen LogP contribution in [0.25, 0.3) is 16.8 Å². The molecule has 0 unspecified atom stereocenters. The normalized spacial score (nSPS) is 12.8. The summed E-state index contributed by atoms with van der Waals surface area (Å²) in [6.07, 6.45) is -5.92. The van der Waals surface area contributed by atoms with Gasteiger partial charge in [-0.3, -0.25) is 9.78 Å².